The van der Waals surface area contributed by atoms with Gasteiger partial charge in [-0.15, -0.1) is 0 Å². The van der Waals surface area contributed by atoms with E-state index in [9.17, 15) is 22.0 Å². The van der Waals surface area contributed by atoms with Gasteiger partial charge in [0.15, 0.2) is 23.3 Å². The van der Waals surface area contributed by atoms with Gasteiger partial charge in [0.2, 0.25) is 5.82 Å². The number of piperazine rings is 1. The molecule has 1 heterocycles. The van der Waals surface area contributed by atoms with E-state index in [1.165, 1.54) is 0 Å². The second-order valence-corrected chi connectivity index (χ2v) is 5.98. The first-order valence-electron chi connectivity index (χ1n) is 7.86. The number of nitrogens with zero attached hydrogens (tertiary/aromatic N) is 1. The van der Waals surface area contributed by atoms with Gasteiger partial charge in [0, 0.05) is 37.8 Å². The molecule has 0 saturated carbocycles. The van der Waals surface area contributed by atoms with Crippen LogP contribution >= 0.6 is 0 Å². The van der Waals surface area contributed by atoms with Crippen molar-refractivity contribution in [3.63, 3.8) is 0 Å². The zero-order valence-electron chi connectivity index (χ0n) is 13.2. The van der Waals surface area contributed by atoms with E-state index in [0.717, 1.165) is 6.42 Å². The monoisotopic (exact) mass is 336 g/mol. The quantitative estimate of drug-likeness (QED) is 0.500. The van der Waals surface area contributed by atoms with Gasteiger partial charge in [-0.25, -0.2) is 22.0 Å². The summed E-state index contributed by atoms with van der Waals surface area (Å²) in [6.45, 7) is 5.93. The minimum Gasteiger partial charge on any atom is -0.314 e. The number of nitrogens with one attached hydrogen (secondary N) is 1. The van der Waals surface area contributed by atoms with E-state index in [-0.39, 0.29) is 5.92 Å². The lowest BCUT2D eigenvalue weighted by Gasteiger charge is -2.39. The molecular weight excluding hydrogens is 315 g/mol. The van der Waals surface area contributed by atoms with Crippen molar-refractivity contribution in [2.24, 2.45) is 5.92 Å². The van der Waals surface area contributed by atoms with Crippen LogP contribution in [0.15, 0.2) is 0 Å². The maximum absolute atomic E-state index is 14.2. The van der Waals surface area contributed by atoms with Crippen LogP contribution in [-0.2, 0) is 0 Å². The Labute approximate surface area is 132 Å². The van der Waals surface area contributed by atoms with Gasteiger partial charge in [0.25, 0.3) is 0 Å². The fourth-order valence-electron chi connectivity index (χ4n) is 3.28. The summed E-state index contributed by atoms with van der Waals surface area (Å²) in [6, 6.07) is -0.832. The molecule has 2 nitrogen and oxygen atoms in total. The van der Waals surface area contributed by atoms with E-state index in [1.807, 2.05) is 6.92 Å². The van der Waals surface area contributed by atoms with Crippen molar-refractivity contribution in [2.75, 3.05) is 26.2 Å². The van der Waals surface area contributed by atoms with Gasteiger partial charge >= 0.3 is 0 Å². The number of halogens is 5. The largest absolute Gasteiger partial charge is 0.314 e. The molecule has 0 aromatic heterocycles. The van der Waals surface area contributed by atoms with Crippen LogP contribution in [0.5, 0.6) is 0 Å². The van der Waals surface area contributed by atoms with Crippen LogP contribution in [0.4, 0.5) is 22.0 Å². The number of hydrogen-bond acceptors (Lipinski definition) is 2. The third kappa shape index (κ3) is 3.50. The third-order valence-electron chi connectivity index (χ3n) is 4.37. The van der Waals surface area contributed by atoms with E-state index < -0.39 is 40.7 Å². The maximum atomic E-state index is 14.2. The molecule has 2 rings (SSSR count). The lowest BCUT2D eigenvalue weighted by molar-refractivity contribution is 0.117. The zero-order valence-corrected chi connectivity index (χ0v) is 13.2. The molecule has 1 aromatic rings. The first-order chi connectivity index (χ1) is 10.9. The Morgan fingerprint density at radius 3 is 1.87 bits per heavy atom. The Kier molecular flexibility index (Phi) is 5.97. The van der Waals surface area contributed by atoms with E-state index in [4.69, 9.17) is 0 Å². The summed E-state index contributed by atoms with van der Waals surface area (Å²) in [5, 5.41) is 3.12. The first kappa shape index (κ1) is 18.1. The van der Waals surface area contributed by atoms with E-state index in [1.54, 1.807) is 11.8 Å². The number of rotatable bonds is 5. The molecule has 130 valence electrons. The molecule has 1 fully saturated rings. The van der Waals surface area contributed by atoms with Crippen molar-refractivity contribution >= 4 is 0 Å². The molecule has 0 aliphatic carbocycles. The lowest BCUT2D eigenvalue weighted by atomic mass is 9.88. The minimum atomic E-state index is -2.11. The third-order valence-corrected chi connectivity index (χ3v) is 4.37. The van der Waals surface area contributed by atoms with E-state index >= 15 is 0 Å². The molecule has 1 aliphatic rings. The standard InChI is InChI=1S/C16H21F5N2/c1-3-4-9(2)16(23-7-5-22-6-8-23)10-11(17)13(19)15(21)14(20)12(10)18/h9,16,22H,3-8H2,1-2H3/t9?,16-/m1/s1. The molecule has 1 N–H and O–H groups in total. The van der Waals surface area contributed by atoms with Gasteiger partial charge in [-0.1, -0.05) is 20.3 Å². The van der Waals surface area contributed by atoms with E-state index in [2.05, 4.69) is 5.32 Å². The van der Waals surface area contributed by atoms with Crippen LogP contribution in [0.25, 0.3) is 0 Å². The van der Waals surface area contributed by atoms with E-state index in [0.29, 0.717) is 32.6 Å². The molecule has 0 amide bonds. The van der Waals surface area contributed by atoms with Gasteiger partial charge in [0.1, 0.15) is 0 Å². The van der Waals surface area contributed by atoms with Crippen LogP contribution in [-0.4, -0.2) is 31.1 Å². The molecule has 1 unspecified atom stereocenters. The summed E-state index contributed by atoms with van der Waals surface area (Å²) in [4.78, 5) is 1.80. The highest BCUT2D eigenvalue weighted by Crippen LogP contribution is 2.37. The van der Waals surface area contributed by atoms with Gasteiger partial charge in [-0.3, -0.25) is 4.90 Å². The first-order valence-corrected chi connectivity index (χ1v) is 7.86. The van der Waals surface area contributed by atoms with Crippen molar-refractivity contribution in [3.05, 3.63) is 34.6 Å². The molecule has 1 aliphatic heterocycles. The Balaban J connectivity index is 2.54. The van der Waals surface area contributed by atoms with Crippen molar-refractivity contribution in [1.82, 2.24) is 10.2 Å². The fourth-order valence-corrected chi connectivity index (χ4v) is 3.28. The lowest BCUT2D eigenvalue weighted by Crippen LogP contribution is -2.47. The predicted octanol–water partition coefficient (Wildman–Crippen LogP) is 3.76. The Hall–Kier alpha value is -1.21. The van der Waals surface area contributed by atoms with Gasteiger partial charge in [0.05, 0.1) is 0 Å². The summed E-state index contributed by atoms with van der Waals surface area (Å²) >= 11 is 0. The number of benzene rings is 1. The van der Waals surface area contributed by atoms with Crippen LogP contribution in [0.2, 0.25) is 0 Å². The van der Waals surface area contributed by atoms with Crippen LogP contribution in [0, 0.1) is 35.0 Å². The highest BCUT2D eigenvalue weighted by Gasteiger charge is 2.36. The summed E-state index contributed by atoms with van der Waals surface area (Å²) in [6.07, 6.45) is 1.40. The SMILES string of the molecule is CCCC(C)[C@H](c1c(F)c(F)c(F)c(F)c1F)N1CCNCC1. The zero-order chi connectivity index (χ0) is 17.1. The fraction of sp³-hybridized carbons (Fsp3) is 0.625. The summed E-state index contributed by atoms with van der Waals surface area (Å²) < 4.78 is 69.0. The molecule has 1 saturated heterocycles. The predicted molar refractivity (Wildman–Crippen MR) is 77.5 cm³/mol. The summed E-state index contributed by atoms with van der Waals surface area (Å²) in [5.74, 6) is -9.51. The second-order valence-electron chi connectivity index (χ2n) is 5.98. The highest BCUT2D eigenvalue weighted by molar-refractivity contribution is 5.28. The van der Waals surface area contributed by atoms with Crippen molar-refractivity contribution in [1.29, 1.82) is 0 Å². The van der Waals surface area contributed by atoms with Crippen molar-refractivity contribution < 1.29 is 22.0 Å². The molecular formula is C16H21F5N2. The minimum absolute atomic E-state index is 0.230. The highest BCUT2D eigenvalue weighted by atomic mass is 19.2. The normalized spacial score (nSPS) is 18.9. The molecule has 0 bridgehead atoms. The average molecular weight is 336 g/mol. The Morgan fingerprint density at radius 2 is 1.39 bits per heavy atom. The maximum Gasteiger partial charge on any atom is 0.200 e. The summed E-state index contributed by atoms with van der Waals surface area (Å²) in [7, 11) is 0. The topological polar surface area (TPSA) is 15.3 Å². The molecule has 2 atom stereocenters. The van der Waals surface area contributed by atoms with Gasteiger partial charge in [-0.2, -0.15) is 0 Å². The molecule has 23 heavy (non-hydrogen) atoms. The Bertz CT molecular complexity index is 529. The molecule has 0 spiro atoms. The molecule has 1 aromatic carbocycles. The van der Waals surface area contributed by atoms with Crippen LogP contribution in [0.1, 0.15) is 38.3 Å². The van der Waals surface area contributed by atoms with Crippen LogP contribution in [0.3, 0.4) is 0 Å². The average Bonchev–Trinajstić information content (AvgIpc) is 2.56. The van der Waals surface area contributed by atoms with Crippen molar-refractivity contribution in [2.45, 2.75) is 32.7 Å². The van der Waals surface area contributed by atoms with Crippen molar-refractivity contribution in [3.8, 4) is 0 Å². The Morgan fingerprint density at radius 1 is 0.913 bits per heavy atom. The summed E-state index contributed by atoms with van der Waals surface area (Å²) in [5.41, 5.74) is -0.704. The van der Waals surface area contributed by atoms with Gasteiger partial charge < -0.3 is 5.32 Å². The van der Waals surface area contributed by atoms with Crippen LogP contribution < -0.4 is 5.32 Å². The number of hydrogen-bond donors (Lipinski definition) is 1. The second kappa shape index (κ2) is 7.57. The molecule has 7 heteroatoms. The molecule has 0 radical (unpaired) electrons. The smallest absolute Gasteiger partial charge is 0.200 e. The van der Waals surface area contributed by atoms with Gasteiger partial charge in [-0.05, 0) is 12.3 Å².